The molecular formula is C27H37N7O2. The van der Waals surface area contributed by atoms with E-state index in [1.165, 1.54) is 22.9 Å². The number of aromatic nitrogens is 4. The van der Waals surface area contributed by atoms with Crippen molar-refractivity contribution < 1.29 is 9.90 Å². The quantitative estimate of drug-likeness (QED) is 0.602. The summed E-state index contributed by atoms with van der Waals surface area (Å²) in [5.41, 5.74) is 5.06. The second kappa shape index (κ2) is 11.6. The van der Waals surface area contributed by atoms with Crippen molar-refractivity contribution in [3.8, 4) is 0 Å². The fourth-order valence-corrected chi connectivity index (χ4v) is 4.86. The number of anilines is 2. The van der Waals surface area contributed by atoms with Gasteiger partial charge in [-0.25, -0.2) is 9.97 Å². The molecule has 36 heavy (non-hydrogen) atoms. The minimum Gasteiger partial charge on any atom is -0.395 e. The molecule has 1 atom stereocenters. The van der Waals surface area contributed by atoms with Gasteiger partial charge in [0.05, 0.1) is 24.7 Å². The lowest BCUT2D eigenvalue weighted by Gasteiger charge is -2.41. The van der Waals surface area contributed by atoms with E-state index in [2.05, 4.69) is 69.0 Å². The van der Waals surface area contributed by atoms with Crippen molar-refractivity contribution in [2.24, 2.45) is 0 Å². The molecule has 192 valence electrons. The molecule has 0 spiro atoms. The number of carbonyl (C=O) groups excluding carboxylic acids is 1. The Morgan fingerprint density at radius 1 is 1.14 bits per heavy atom. The Balaban J connectivity index is 1.42. The number of likely N-dealkylation sites (N-methyl/N-ethyl adjacent to an activating group) is 1. The number of allylic oxidation sites excluding steroid dienone is 4. The Hall–Kier alpha value is -3.33. The average molecular weight is 492 g/mol. The predicted octanol–water partition coefficient (Wildman–Crippen LogP) is 2.87. The van der Waals surface area contributed by atoms with Gasteiger partial charge in [-0.05, 0) is 57.2 Å². The van der Waals surface area contributed by atoms with Crippen LogP contribution in [0.15, 0.2) is 36.2 Å². The molecule has 1 saturated heterocycles. The average Bonchev–Trinajstić information content (AvgIpc) is 2.90. The summed E-state index contributed by atoms with van der Waals surface area (Å²) in [7, 11) is 0. The highest BCUT2D eigenvalue weighted by atomic mass is 16.3. The molecule has 0 bridgehead atoms. The maximum atomic E-state index is 12.6. The molecule has 1 aliphatic heterocycles. The van der Waals surface area contributed by atoms with Crippen molar-refractivity contribution in [1.29, 1.82) is 0 Å². The van der Waals surface area contributed by atoms with Gasteiger partial charge < -0.3 is 19.8 Å². The molecule has 1 amide bonds. The highest BCUT2D eigenvalue weighted by molar-refractivity contribution is 5.92. The van der Waals surface area contributed by atoms with Crippen molar-refractivity contribution in [1.82, 2.24) is 25.1 Å². The number of carbonyl (C=O) groups is 1. The van der Waals surface area contributed by atoms with Crippen LogP contribution < -0.4 is 9.80 Å². The van der Waals surface area contributed by atoms with E-state index >= 15 is 0 Å². The number of aliphatic hydroxyl groups excluding tert-OH is 1. The first-order valence-electron chi connectivity index (χ1n) is 12.8. The Labute approximate surface area is 213 Å². The largest absolute Gasteiger partial charge is 0.395 e. The summed E-state index contributed by atoms with van der Waals surface area (Å²) in [6.45, 7) is 11.4. The van der Waals surface area contributed by atoms with Gasteiger partial charge in [-0.3, -0.25) is 4.79 Å². The smallest absolute Gasteiger partial charge is 0.274 e. The summed E-state index contributed by atoms with van der Waals surface area (Å²) in [6, 6.07) is 0.190. The van der Waals surface area contributed by atoms with E-state index < -0.39 is 0 Å². The SMILES string of the molecule is CCN(CCO)C(=O)c1cnc(N2CCN(c3nnc(CC4=CCCC=C4)c(C)c3C)C[C@H]2C)cn1. The number of aliphatic hydroxyl groups is 1. The summed E-state index contributed by atoms with van der Waals surface area (Å²) in [6.07, 6.45) is 13.0. The summed E-state index contributed by atoms with van der Waals surface area (Å²) in [4.78, 5) is 27.6. The lowest BCUT2D eigenvalue weighted by atomic mass is 9.99. The number of hydrogen-bond acceptors (Lipinski definition) is 8. The Morgan fingerprint density at radius 3 is 2.61 bits per heavy atom. The van der Waals surface area contributed by atoms with Crippen LogP contribution in [-0.2, 0) is 6.42 Å². The molecule has 0 aromatic carbocycles. The number of rotatable bonds is 8. The van der Waals surface area contributed by atoms with E-state index in [1.807, 2.05) is 6.92 Å². The fourth-order valence-electron chi connectivity index (χ4n) is 4.86. The van der Waals surface area contributed by atoms with Crippen LogP contribution in [0.25, 0.3) is 0 Å². The third-order valence-corrected chi connectivity index (χ3v) is 7.16. The van der Waals surface area contributed by atoms with Crippen molar-refractivity contribution >= 4 is 17.5 Å². The summed E-state index contributed by atoms with van der Waals surface area (Å²) in [5.74, 6) is 1.49. The molecule has 4 rings (SSSR count). The van der Waals surface area contributed by atoms with Crippen LogP contribution in [0.4, 0.5) is 11.6 Å². The fraction of sp³-hybridized carbons (Fsp3) is 0.519. The zero-order chi connectivity index (χ0) is 25.7. The normalized spacial score (nSPS) is 17.8. The van der Waals surface area contributed by atoms with Crippen molar-refractivity contribution in [2.45, 2.75) is 53.0 Å². The standard InChI is InChI=1S/C27H37N7O2/c1-5-32(13-14-35)27(36)24-16-29-25(17-28-24)34-12-11-33(18-19(34)2)26-21(4)20(3)23(30-31-26)15-22-9-7-6-8-10-22/h7,9-10,16-17,19,35H,5-6,8,11-15,18H2,1-4H3/t19-/m1/s1. The van der Waals surface area contributed by atoms with E-state index in [0.717, 1.165) is 56.2 Å². The Kier molecular flexibility index (Phi) is 8.30. The van der Waals surface area contributed by atoms with E-state index in [-0.39, 0.29) is 25.1 Å². The molecular weight excluding hydrogens is 454 g/mol. The van der Waals surface area contributed by atoms with Crippen LogP contribution in [0, 0.1) is 13.8 Å². The maximum absolute atomic E-state index is 12.6. The molecule has 0 saturated carbocycles. The minimum atomic E-state index is -0.216. The van der Waals surface area contributed by atoms with E-state index in [9.17, 15) is 4.79 Å². The van der Waals surface area contributed by atoms with Gasteiger partial charge >= 0.3 is 0 Å². The number of nitrogens with zero attached hydrogens (tertiary/aromatic N) is 7. The van der Waals surface area contributed by atoms with Gasteiger partial charge in [0.2, 0.25) is 0 Å². The third-order valence-electron chi connectivity index (χ3n) is 7.16. The lowest BCUT2D eigenvalue weighted by Crippen LogP contribution is -2.53. The van der Waals surface area contributed by atoms with Gasteiger partial charge in [-0.2, -0.15) is 5.10 Å². The molecule has 2 aliphatic rings. The summed E-state index contributed by atoms with van der Waals surface area (Å²) >= 11 is 0. The number of hydrogen-bond donors (Lipinski definition) is 1. The minimum absolute atomic E-state index is 0.0750. The van der Waals surface area contributed by atoms with Gasteiger partial charge in [0.25, 0.3) is 5.91 Å². The molecule has 2 aromatic rings. The van der Waals surface area contributed by atoms with Crippen LogP contribution in [-0.4, -0.2) is 81.5 Å². The molecule has 1 fully saturated rings. The second-order valence-corrected chi connectivity index (χ2v) is 9.51. The van der Waals surface area contributed by atoms with Crippen LogP contribution in [0.1, 0.15) is 54.0 Å². The molecule has 0 radical (unpaired) electrons. The Bertz CT molecular complexity index is 1130. The first-order valence-corrected chi connectivity index (χ1v) is 12.8. The molecule has 1 N–H and O–H groups in total. The van der Waals surface area contributed by atoms with E-state index in [1.54, 1.807) is 11.1 Å². The van der Waals surface area contributed by atoms with Gasteiger partial charge in [-0.15, -0.1) is 5.10 Å². The summed E-state index contributed by atoms with van der Waals surface area (Å²) < 4.78 is 0. The molecule has 0 unspecified atom stereocenters. The first-order chi connectivity index (χ1) is 17.4. The van der Waals surface area contributed by atoms with Gasteiger partial charge in [0.1, 0.15) is 11.5 Å². The number of piperazine rings is 1. The molecule has 9 heteroatoms. The Morgan fingerprint density at radius 2 is 1.97 bits per heavy atom. The van der Waals surface area contributed by atoms with Crippen molar-refractivity contribution in [3.63, 3.8) is 0 Å². The highest BCUT2D eigenvalue weighted by Crippen LogP contribution is 2.27. The predicted molar refractivity (Wildman–Crippen MR) is 141 cm³/mol. The zero-order valence-corrected chi connectivity index (χ0v) is 21.8. The van der Waals surface area contributed by atoms with Gasteiger partial charge in [0, 0.05) is 45.2 Å². The van der Waals surface area contributed by atoms with Crippen LogP contribution >= 0.6 is 0 Å². The van der Waals surface area contributed by atoms with Crippen molar-refractivity contribution in [2.75, 3.05) is 49.1 Å². The molecule has 9 nitrogen and oxygen atoms in total. The van der Waals surface area contributed by atoms with Crippen LogP contribution in [0.3, 0.4) is 0 Å². The molecule has 3 heterocycles. The van der Waals surface area contributed by atoms with Gasteiger partial charge in [-0.1, -0.05) is 18.2 Å². The van der Waals surface area contributed by atoms with Crippen molar-refractivity contribution in [3.05, 3.63) is 58.7 Å². The first kappa shape index (κ1) is 25.8. The summed E-state index contributed by atoms with van der Waals surface area (Å²) in [5, 5.41) is 18.4. The second-order valence-electron chi connectivity index (χ2n) is 9.51. The zero-order valence-electron chi connectivity index (χ0n) is 21.8. The van der Waals surface area contributed by atoms with E-state index in [4.69, 9.17) is 5.11 Å². The van der Waals surface area contributed by atoms with Crippen LogP contribution in [0.5, 0.6) is 0 Å². The highest BCUT2D eigenvalue weighted by Gasteiger charge is 2.28. The van der Waals surface area contributed by atoms with Gasteiger partial charge in [0.15, 0.2) is 5.82 Å². The van der Waals surface area contributed by atoms with Crippen LogP contribution in [0.2, 0.25) is 0 Å². The number of amides is 1. The lowest BCUT2D eigenvalue weighted by molar-refractivity contribution is 0.0725. The molecule has 2 aromatic heterocycles. The monoisotopic (exact) mass is 491 g/mol. The molecule has 1 aliphatic carbocycles. The maximum Gasteiger partial charge on any atom is 0.274 e. The topological polar surface area (TPSA) is 98.6 Å². The third kappa shape index (κ3) is 5.56. The van der Waals surface area contributed by atoms with E-state index in [0.29, 0.717) is 12.2 Å².